The molecule has 3 aromatic rings. The summed E-state index contributed by atoms with van der Waals surface area (Å²) in [5.41, 5.74) is 7.71. The van der Waals surface area contributed by atoms with Crippen LogP contribution in [0, 0.1) is 0 Å². The third-order valence-corrected chi connectivity index (χ3v) is 2.46. The van der Waals surface area contributed by atoms with E-state index in [0.29, 0.717) is 22.8 Å². The predicted molar refractivity (Wildman–Crippen MR) is 73.5 cm³/mol. The van der Waals surface area contributed by atoms with Crippen molar-refractivity contribution in [3.63, 3.8) is 0 Å². The molecule has 4 N–H and O–H groups in total. The second-order valence-electron chi connectivity index (χ2n) is 3.59. The molecule has 0 unspecified atom stereocenters. The number of aromatic hydroxyl groups is 1. The fourth-order valence-electron chi connectivity index (χ4n) is 1.60. The van der Waals surface area contributed by atoms with Gasteiger partial charge in [-0.05, 0) is 24.3 Å². The van der Waals surface area contributed by atoms with E-state index >= 15 is 0 Å². The lowest BCUT2D eigenvalue weighted by atomic mass is 10.2. The quantitative estimate of drug-likeness (QED) is 0.637. The maximum atomic E-state index is 9.21. The molecule has 3 rings (SSSR count). The van der Waals surface area contributed by atoms with Crippen LogP contribution in [0.5, 0.6) is 5.75 Å². The largest absolute Gasteiger partial charge is 0.508 e. The van der Waals surface area contributed by atoms with Gasteiger partial charge in [0.2, 0.25) is 0 Å². The molecule has 0 fully saturated rings. The highest BCUT2D eigenvalue weighted by Crippen LogP contribution is 2.22. The molecule has 0 amide bonds. The minimum absolute atomic E-state index is 0. The van der Waals surface area contributed by atoms with Crippen molar-refractivity contribution in [3.8, 4) is 17.1 Å². The van der Waals surface area contributed by atoms with E-state index in [2.05, 4.69) is 19.9 Å². The number of halogens is 1. The Morgan fingerprint density at radius 2 is 1.83 bits per heavy atom. The van der Waals surface area contributed by atoms with Gasteiger partial charge in [0.1, 0.15) is 23.4 Å². The van der Waals surface area contributed by atoms with E-state index < -0.39 is 0 Å². The van der Waals surface area contributed by atoms with Gasteiger partial charge < -0.3 is 15.8 Å². The van der Waals surface area contributed by atoms with Gasteiger partial charge in [0, 0.05) is 5.56 Å². The van der Waals surface area contributed by atoms with Crippen molar-refractivity contribution in [2.24, 2.45) is 0 Å². The summed E-state index contributed by atoms with van der Waals surface area (Å²) in [6.45, 7) is 0. The van der Waals surface area contributed by atoms with Crippen LogP contribution in [0.1, 0.15) is 0 Å². The molecule has 2 aromatic heterocycles. The van der Waals surface area contributed by atoms with Crippen LogP contribution >= 0.6 is 17.0 Å². The normalized spacial score (nSPS) is 10.2. The Kier molecular flexibility index (Phi) is 3.15. The van der Waals surface area contributed by atoms with Crippen LogP contribution in [-0.4, -0.2) is 25.0 Å². The molecule has 0 aliphatic heterocycles. The minimum atomic E-state index is 0. The maximum absolute atomic E-state index is 9.21. The fraction of sp³-hybridized carbons (Fsp3) is 0. The Balaban J connectivity index is 0.00000120. The zero-order valence-electron chi connectivity index (χ0n) is 9.16. The predicted octanol–water partition coefficient (Wildman–Crippen LogP) is 1.89. The van der Waals surface area contributed by atoms with Crippen LogP contribution in [0.3, 0.4) is 0 Å². The number of nitrogens with one attached hydrogen (secondary N) is 1. The van der Waals surface area contributed by atoms with Gasteiger partial charge in [-0.25, -0.2) is 15.0 Å². The van der Waals surface area contributed by atoms with Crippen molar-refractivity contribution in [1.29, 1.82) is 0 Å². The van der Waals surface area contributed by atoms with Crippen LogP contribution in [0.4, 0.5) is 5.82 Å². The molecule has 0 radical (unpaired) electrons. The van der Waals surface area contributed by atoms with Crippen molar-refractivity contribution in [1.82, 2.24) is 19.9 Å². The van der Waals surface area contributed by atoms with Gasteiger partial charge in [-0.15, -0.1) is 17.0 Å². The van der Waals surface area contributed by atoms with Crippen molar-refractivity contribution in [2.75, 3.05) is 5.73 Å². The van der Waals surface area contributed by atoms with Crippen LogP contribution in [0.2, 0.25) is 0 Å². The molecular formula is C11H10BrN5O. The van der Waals surface area contributed by atoms with E-state index in [1.54, 1.807) is 24.3 Å². The summed E-state index contributed by atoms with van der Waals surface area (Å²) in [5, 5.41) is 9.21. The van der Waals surface area contributed by atoms with Crippen molar-refractivity contribution < 1.29 is 5.11 Å². The Morgan fingerprint density at radius 3 is 2.50 bits per heavy atom. The molecule has 0 saturated heterocycles. The summed E-state index contributed by atoms with van der Waals surface area (Å²) >= 11 is 0. The summed E-state index contributed by atoms with van der Waals surface area (Å²) in [6, 6.07) is 6.71. The number of aromatic amines is 1. The van der Waals surface area contributed by atoms with E-state index in [1.807, 2.05) is 0 Å². The van der Waals surface area contributed by atoms with Gasteiger partial charge in [-0.3, -0.25) is 0 Å². The SMILES string of the molecule is Br.Nc1ncnc2nc(-c3ccc(O)cc3)[nH]c12. The number of anilines is 1. The molecule has 0 atom stereocenters. The van der Waals surface area contributed by atoms with Gasteiger partial charge in [-0.2, -0.15) is 0 Å². The van der Waals surface area contributed by atoms with Crippen molar-refractivity contribution in [3.05, 3.63) is 30.6 Å². The number of hydrogen-bond acceptors (Lipinski definition) is 5. The first-order chi connectivity index (χ1) is 8.24. The number of phenols is 1. The number of nitrogen functional groups attached to an aromatic ring is 1. The summed E-state index contributed by atoms with van der Waals surface area (Å²) in [7, 11) is 0. The number of benzene rings is 1. The number of H-pyrrole nitrogens is 1. The maximum Gasteiger partial charge on any atom is 0.183 e. The Hall–Kier alpha value is -2.15. The van der Waals surface area contributed by atoms with E-state index in [9.17, 15) is 5.11 Å². The first kappa shape index (κ1) is 12.3. The number of rotatable bonds is 1. The zero-order valence-corrected chi connectivity index (χ0v) is 10.9. The van der Waals surface area contributed by atoms with E-state index in [4.69, 9.17) is 5.73 Å². The lowest BCUT2D eigenvalue weighted by Crippen LogP contribution is -1.91. The van der Waals surface area contributed by atoms with Crippen LogP contribution in [0.15, 0.2) is 30.6 Å². The second-order valence-corrected chi connectivity index (χ2v) is 3.59. The molecule has 0 aliphatic carbocycles. The molecule has 0 spiro atoms. The molecule has 2 heterocycles. The molecule has 18 heavy (non-hydrogen) atoms. The Bertz CT molecular complexity index is 679. The second kappa shape index (κ2) is 4.61. The highest BCUT2D eigenvalue weighted by molar-refractivity contribution is 8.93. The smallest absolute Gasteiger partial charge is 0.183 e. The van der Waals surface area contributed by atoms with Crippen LogP contribution in [0.25, 0.3) is 22.6 Å². The monoisotopic (exact) mass is 307 g/mol. The number of nitrogens with zero attached hydrogens (tertiary/aromatic N) is 3. The first-order valence-electron chi connectivity index (χ1n) is 4.99. The summed E-state index contributed by atoms with van der Waals surface area (Å²) in [6.07, 6.45) is 1.37. The minimum Gasteiger partial charge on any atom is -0.508 e. The third-order valence-electron chi connectivity index (χ3n) is 2.46. The highest BCUT2D eigenvalue weighted by atomic mass is 79.9. The fourth-order valence-corrected chi connectivity index (χ4v) is 1.60. The lowest BCUT2D eigenvalue weighted by Gasteiger charge is -1.95. The van der Waals surface area contributed by atoms with Gasteiger partial charge in [0.15, 0.2) is 11.5 Å². The zero-order chi connectivity index (χ0) is 11.8. The van der Waals surface area contributed by atoms with E-state index in [1.165, 1.54) is 6.33 Å². The number of fused-ring (bicyclic) bond motifs is 1. The average Bonchev–Trinajstić information content (AvgIpc) is 2.75. The lowest BCUT2D eigenvalue weighted by molar-refractivity contribution is 0.475. The molecule has 92 valence electrons. The number of phenolic OH excluding ortho intramolecular Hbond substituents is 1. The Morgan fingerprint density at radius 1 is 1.11 bits per heavy atom. The van der Waals surface area contributed by atoms with Crippen LogP contribution in [-0.2, 0) is 0 Å². The van der Waals surface area contributed by atoms with Gasteiger partial charge in [0.05, 0.1) is 0 Å². The molecule has 7 heteroatoms. The Labute approximate surface area is 113 Å². The third kappa shape index (κ3) is 2.00. The molecule has 6 nitrogen and oxygen atoms in total. The van der Waals surface area contributed by atoms with E-state index in [0.717, 1.165) is 5.56 Å². The number of imidazole rings is 1. The number of aromatic nitrogens is 4. The van der Waals surface area contributed by atoms with Crippen molar-refractivity contribution in [2.45, 2.75) is 0 Å². The highest BCUT2D eigenvalue weighted by Gasteiger charge is 2.08. The van der Waals surface area contributed by atoms with E-state index in [-0.39, 0.29) is 22.7 Å². The molecule has 0 bridgehead atoms. The topological polar surface area (TPSA) is 101 Å². The molecule has 1 aromatic carbocycles. The summed E-state index contributed by atoms with van der Waals surface area (Å²) in [5.74, 6) is 1.23. The van der Waals surface area contributed by atoms with Gasteiger partial charge >= 0.3 is 0 Å². The number of nitrogens with two attached hydrogens (primary N) is 1. The summed E-state index contributed by atoms with van der Waals surface area (Å²) in [4.78, 5) is 15.3. The average molecular weight is 308 g/mol. The molecule has 0 aliphatic rings. The molecular weight excluding hydrogens is 298 g/mol. The van der Waals surface area contributed by atoms with Gasteiger partial charge in [0.25, 0.3) is 0 Å². The summed E-state index contributed by atoms with van der Waals surface area (Å²) < 4.78 is 0. The number of hydrogen-bond donors (Lipinski definition) is 3. The van der Waals surface area contributed by atoms with Crippen LogP contribution < -0.4 is 5.73 Å². The standard InChI is InChI=1S/C11H9N5O.BrH/c12-9-8-11(14-5-13-9)16-10(15-8)6-1-3-7(17)4-2-6;/h1-5,17H,(H3,12,13,14,15,16);1H. The first-order valence-corrected chi connectivity index (χ1v) is 4.99. The van der Waals surface area contributed by atoms with Crippen molar-refractivity contribution >= 4 is 34.0 Å². The van der Waals surface area contributed by atoms with Gasteiger partial charge in [-0.1, -0.05) is 0 Å². The molecule has 0 saturated carbocycles.